The lowest BCUT2D eigenvalue weighted by molar-refractivity contribution is -0.148. The van der Waals surface area contributed by atoms with E-state index < -0.39 is 0 Å². The first-order valence-electron chi connectivity index (χ1n) is 3.23. The average molecular weight is 142 g/mol. The maximum atomic E-state index is 10.4. The first-order valence-corrected chi connectivity index (χ1v) is 3.23. The molecule has 1 atom stereocenters. The lowest BCUT2D eigenvalue weighted by atomic mass is 10.2. The Morgan fingerprint density at radius 2 is 2.60 bits per heavy atom. The normalized spacial score (nSPS) is 23.5. The third-order valence-corrected chi connectivity index (χ3v) is 1.21. The van der Waals surface area contributed by atoms with E-state index in [4.69, 9.17) is 9.47 Å². The summed E-state index contributed by atoms with van der Waals surface area (Å²) in [7, 11) is 0. The van der Waals surface area contributed by atoms with E-state index in [0.717, 1.165) is 6.42 Å². The number of carbonyl (C=O) groups excluding carboxylic acids is 1. The fourth-order valence-electron chi connectivity index (χ4n) is 0.823. The summed E-state index contributed by atoms with van der Waals surface area (Å²) in [5, 5.41) is 0. The van der Waals surface area contributed by atoms with Crippen LogP contribution in [0.5, 0.6) is 0 Å². The van der Waals surface area contributed by atoms with Crippen molar-refractivity contribution in [3.05, 3.63) is 12.3 Å². The Hall–Kier alpha value is -0.990. The lowest BCUT2D eigenvalue weighted by Gasteiger charge is -2.17. The van der Waals surface area contributed by atoms with Gasteiger partial charge in [0.05, 0.1) is 6.26 Å². The van der Waals surface area contributed by atoms with Gasteiger partial charge in [-0.1, -0.05) is 0 Å². The van der Waals surface area contributed by atoms with E-state index in [2.05, 4.69) is 0 Å². The monoisotopic (exact) mass is 142 g/mol. The second-order valence-electron chi connectivity index (χ2n) is 2.17. The van der Waals surface area contributed by atoms with Crippen LogP contribution >= 0.6 is 0 Å². The molecule has 0 aromatic carbocycles. The van der Waals surface area contributed by atoms with Gasteiger partial charge in [-0.05, 0) is 6.08 Å². The van der Waals surface area contributed by atoms with E-state index in [-0.39, 0.29) is 12.1 Å². The first-order chi connectivity index (χ1) is 4.79. The van der Waals surface area contributed by atoms with Gasteiger partial charge >= 0.3 is 5.97 Å². The predicted octanol–water partition coefficient (Wildman–Crippen LogP) is 0.852. The standard InChI is InChI=1S/C7H10O3/c1-6(8)10-7-3-2-4-9-5-7/h2,4,7H,3,5H2,1H3/t7-/m0/s1. The Balaban J connectivity index is 2.28. The van der Waals surface area contributed by atoms with E-state index in [1.807, 2.05) is 6.08 Å². The van der Waals surface area contributed by atoms with Crippen LogP contribution in [0, 0.1) is 0 Å². The molecule has 10 heavy (non-hydrogen) atoms. The van der Waals surface area contributed by atoms with Crippen molar-refractivity contribution < 1.29 is 14.3 Å². The maximum absolute atomic E-state index is 10.4. The first kappa shape index (κ1) is 7.12. The summed E-state index contributed by atoms with van der Waals surface area (Å²) in [5.41, 5.74) is 0. The topological polar surface area (TPSA) is 35.5 Å². The average Bonchev–Trinajstić information content (AvgIpc) is 1.88. The molecule has 1 aliphatic rings. The highest BCUT2D eigenvalue weighted by atomic mass is 16.6. The van der Waals surface area contributed by atoms with E-state index in [9.17, 15) is 4.79 Å². The zero-order chi connectivity index (χ0) is 7.40. The second kappa shape index (κ2) is 3.25. The van der Waals surface area contributed by atoms with Crippen molar-refractivity contribution in [1.29, 1.82) is 0 Å². The molecule has 0 aliphatic carbocycles. The predicted molar refractivity (Wildman–Crippen MR) is 35.3 cm³/mol. The van der Waals surface area contributed by atoms with E-state index in [0.29, 0.717) is 6.61 Å². The van der Waals surface area contributed by atoms with Crippen molar-refractivity contribution in [2.45, 2.75) is 19.4 Å². The summed E-state index contributed by atoms with van der Waals surface area (Å²) in [6.07, 6.45) is 4.15. The van der Waals surface area contributed by atoms with Crippen molar-refractivity contribution >= 4 is 5.97 Å². The van der Waals surface area contributed by atoms with Gasteiger partial charge in [0.15, 0.2) is 0 Å². The van der Waals surface area contributed by atoms with Gasteiger partial charge in [-0.25, -0.2) is 0 Å². The Bertz CT molecular complexity index is 151. The number of esters is 1. The van der Waals surface area contributed by atoms with E-state index >= 15 is 0 Å². The van der Waals surface area contributed by atoms with Crippen LogP contribution in [0.15, 0.2) is 12.3 Å². The van der Waals surface area contributed by atoms with Gasteiger partial charge in [0.2, 0.25) is 0 Å². The molecule has 0 saturated carbocycles. The zero-order valence-corrected chi connectivity index (χ0v) is 5.87. The molecular weight excluding hydrogens is 132 g/mol. The van der Waals surface area contributed by atoms with Crippen molar-refractivity contribution in [1.82, 2.24) is 0 Å². The van der Waals surface area contributed by atoms with Crippen molar-refractivity contribution in [3.63, 3.8) is 0 Å². The molecule has 1 heterocycles. The van der Waals surface area contributed by atoms with Gasteiger partial charge in [-0.3, -0.25) is 4.79 Å². The summed E-state index contributed by atoms with van der Waals surface area (Å²) in [6.45, 7) is 1.88. The number of ether oxygens (including phenoxy) is 2. The van der Waals surface area contributed by atoms with Gasteiger partial charge in [0.25, 0.3) is 0 Å². The third-order valence-electron chi connectivity index (χ3n) is 1.21. The Labute approximate surface area is 59.6 Å². The molecule has 3 nitrogen and oxygen atoms in total. The molecule has 3 heteroatoms. The molecule has 1 rings (SSSR count). The van der Waals surface area contributed by atoms with Crippen molar-refractivity contribution in [3.8, 4) is 0 Å². The van der Waals surface area contributed by atoms with Crippen molar-refractivity contribution in [2.75, 3.05) is 6.61 Å². The van der Waals surface area contributed by atoms with E-state index in [1.165, 1.54) is 6.92 Å². The van der Waals surface area contributed by atoms with Gasteiger partial charge < -0.3 is 9.47 Å². The zero-order valence-electron chi connectivity index (χ0n) is 5.87. The van der Waals surface area contributed by atoms with Crippen LogP contribution in [-0.2, 0) is 14.3 Å². The van der Waals surface area contributed by atoms with Gasteiger partial charge in [0, 0.05) is 13.3 Å². The molecule has 0 radical (unpaired) electrons. The largest absolute Gasteiger partial charge is 0.498 e. The Morgan fingerprint density at radius 3 is 3.10 bits per heavy atom. The molecule has 0 aromatic rings. The second-order valence-corrected chi connectivity index (χ2v) is 2.17. The third kappa shape index (κ3) is 2.09. The lowest BCUT2D eigenvalue weighted by Crippen LogP contribution is -2.22. The summed E-state index contributed by atoms with van der Waals surface area (Å²) in [5.74, 6) is -0.246. The van der Waals surface area contributed by atoms with Gasteiger partial charge in [-0.2, -0.15) is 0 Å². The minimum atomic E-state index is -0.246. The number of hydrogen-bond acceptors (Lipinski definition) is 3. The SMILES string of the molecule is CC(=O)O[C@H]1CC=COC1. The molecule has 0 N–H and O–H groups in total. The van der Waals surface area contributed by atoms with E-state index in [1.54, 1.807) is 6.26 Å². The van der Waals surface area contributed by atoms with Crippen LogP contribution in [0.4, 0.5) is 0 Å². The number of rotatable bonds is 1. The highest BCUT2D eigenvalue weighted by molar-refractivity contribution is 5.66. The van der Waals surface area contributed by atoms with Crippen LogP contribution in [-0.4, -0.2) is 18.7 Å². The highest BCUT2D eigenvalue weighted by Crippen LogP contribution is 2.06. The number of carbonyl (C=O) groups is 1. The number of hydrogen-bond donors (Lipinski definition) is 0. The molecule has 0 bridgehead atoms. The molecule has 0 unspecified atom stereocenters. The summed E-state index contributed by atoms with van der Waals surface area (Å²) < 4.78 is 9.80. The summed E-state index contributed by atoms with van der Waals surface area (Å²) in [4.78, 5) is 10.4. The molecule has 0 saturated heterocycles. The summed E-state index contributed by atoms with van der Waals surface area (Å²) >= 11 is 0. The summed E-state index contributed by atoms with van der Waals surface area (Å²) in [6, 6.07) is 0. The quantitative estimate of drug-likeness (QED) is 0.509. The van der Waals surface area contributed by atoms with Crippen LogP contribution < -0.4 is 0 Å². The smallest absolute Gasteiger partial charge is 0.303 e. The van der Waals surface area contributed by atoms with Gasteiger partial charge in [0.1, 0.15) is 12.7 Å². The molecular formula is C7H10O3. The molecule has 0 fully saturated rings. The van der Waals surface area contributed by atoms with Crippen LogP contribution in [0.25, 0.3) is 0 Å². The van der Waals surface area contributed by atoms with Crippen LogP contribution in [0.1, 0.15) is 13.3 Å². The molecule has 56 valence electrons. The minimum Gasteiger partial charge on any atom is -0.498 e. The Kier molecular flexibility index (Phi) is 2.31. The maximum Gasteiger partial charge on any atom is 0.303 e. The molecule has 0 amide bonds. The highest BCUT2D eigenvalue weighted by Gasteiger charge is 2.12. The molecule has 0 aromatic heterocycles. The van der Waals surface area contributed by atoms with Crippen LogP contribution in [0.2, 0.25) is 0 Å². The minimum absolute atomic E-state index is 0.0810. The Morgan fingerprint density at radius 1 is 1.80 bits per heavy atom. The van der Waals surface area contributed by atoms with Crippen LogP contribution in [0.3, 0.4) is 0 Å². The molecule has 1 aliphatic heterocycles. The fraction of sp³-hybridized carbons (Fsp3) is 0.571. The fourth-order valence-corrected chi connectivity index (χ4v) is 0.823. The van der Waals surface area contributed by atoms with Gasteiger partial charge in [-0.15, -0.1) is 0 Å². The van der Waals surface area contributed by atoms with Crippen molar-refractivity contribution in [2.24, 2.45) is 0 Å². The molecule has 0 spiro atoms.